The zero-order valence-corrected chi connectivity index (χ0v) is 13.2. The minimum Gasteiger partial charge on any atom is -0.386 e. The van der Waals surface area contributed by atoms with Crippen LogP contribution in [-0.4, -0.2) is 17.5 Å². The van der Waals surface area contributed by atoms with Gasteiger partial charge in [0.1, 0.15) is 11.7 Å². The number of benzene rings is 2. The van der Waals surface area contributed by atoms with E-state index in [9.17, 15) is 9.18 Å². The van der Waals surface area contributed by atoms with Crippen LogP contribution in [-0.2, 0) is 0 Å². The molecule has 6 heteroatoms. The van der Waals surface area contributed by atoms with Gasteiger partial charge >= 0.3 is 0 Å². The van der Waals surface area contributed by atoms with Crippen LogP contribution >= 0.6 is 27.5 Å². The normalized spacial score (nSPS) is 11.5. The minimum absolute atomic E-state index is 0.0171. The fraction of sp³-hybridized carbons (Fsp3) is 0.0667. The maximum absolute atomic E-state index is 13.8. The van der Waals surface area contributed by atoms with Crippen LogP contribution in [0.4, 0.5) is 10.1 Å². The summed E-state index contributed by atoms with van der Waals surface area (Å²) in [5, 5.41) is 0. The number of ketones is 1. The van der Waals surface area contributed by atoms with Gasteiger partial charge in [0.2, 0.25) is 0 Å². The van der Waals surface area contributed by atoms with E-state index in [0.717, 1.165) is 0 Å². The number of nitrogens with zero attached hydrogens (tertiary/aromatic N) is 1. The topological polar surface area (TPSA) is 55.4 Å². The highest BCUT2D eigenvalue weighted by molar-refractivity contribution is 9.10. The largest absolute Gasteiger partial charge is 0.386 e. The minimum atomic E-state index is -0.581. The summed E-state index contributed by atoms with van der Waals surface area (Å²) in [5.74, 6) is -0.816. The van der Waals surface area contributed by atoms with Crippen LogP contribution in [0.3, 0.4) is 0 Å². The predicted molar refractivity (Wildman–Crippen MR) is 86.0 cm³/mol. The fourth-order valence-electron chi connectivity index (χ4n) is 1.76. The van der Waals surface area contributed by atoms with Crippen LogP contribution < -0.4 is 5.73 Å². The molecule has 0 saturated heterocycles. The Labute approximate surface area is 134 Å². The Bertz CT molecular complexity index is 719. The highest BCUT2D eigenvalue weighted by atomic mass is 79.9. The fourth-order valence-corrected chi connectivity index (χ4v) is 2.18. The molecular weight excluding hydrogens is 359 g/mol. The number of carbonyl (C=O) groups is 1. The van der Waals surface area contributed by atoms with Crippen molar-refractivity contribution in [2.24, 2.45) is 10.7 Å². The van der Waals surface area contributed by atoms with E-state index in [1.807, 2.05) is 0 Å². The molecule has 0 heterocycles. The molecule has 21 heavy (non-hydrogen) atoms. The molecule has 0 saturated carbocycles. The maximum Gasteiger partial charge on any atom is 0.198 e. The van der Waals surface area contributed by atoms with E-state index in [4.69, 9.17) is 17.3 Å². The lowest BCUT2D eigenvalue weighted by atomic mass is 10.0. The van der Waals surface area contributed by atoms with Crippen LogP contribution in [0.15, 0.2) is 51.9 Å². The Hall–Kier alpha value is -1.72. The number of alkyl halides is 1. The van der Waals surface area contributed by atoms with Gasteiger partial charge in [-0.15, -0.1) is 11.6 Å². The molecule has 3 nitrogen and oxygen atoms in total. The van der Waals surface area contributed by atoms with Crippen molar-refractivity contribution in [2.45, 2.75) is 0 Å². The average Bonchev–Trinajstić information content (AvgIpc) is 2.48. The van der Waals surface area contributed by atoms with Gasteiger partial charge in [-0.1, -0.05) is 28.1 Å². The molecule has 2 N–H and O–H groups in total. The third kappa shape index (κ3) is 3.68. The van der Waals surface area contributed by atoms with Gasteiger partial charge in [-0.25, -0.2) is 9.38 Å². The Morgan fingerprint density at radius 2 is 1.95 bits per heavy atom. The van der Waals surface area contributed by atoms with Crippen molar-refractivity contribution in [3.05, 3.63) is 63.9 Å². The van der Waals surface area contributed by atoms with Gasteiger partial charge in [0.05, 0.1) is 17.1 Å². The quantitative estimate of drug-likeness (QED) is 0.383. The summed E-state index contributed by atoms with van der Waals surface area (Å²) in [7, 11) is 0. The van der Waals surface area contributed by atoms with E-state index in [2.05, 4.69) is 20.9 Å². The maximum atomic E-state index is 13.8. The lowest BCUT2D eigenvalue weighted by Crippen LogP contribution is -2.13. The highest BCUT2D eigenvalue weighted by Gasteiger charge is 2.17. The molecule has 108 valence electrons. The van der Waals surface area contributed by atoms with Gasteiger partial charge < -0.3 is 5.73 Å². The lowest BCUT2D eigenvalue weighted by molar-refractivity contribution is 0.103. The zero-order chi connectivity index (χ0) is 15.4. The summed E-state index contributed by atoms with van der Waals surface area (Å²) in [6, 6.07) is 10.7. The Balaban J connectivity index is 2.55. The molecule has 0 bridgehead atoms. The number of aliphatic imine (C=N–C) groups is 1. The molecule has 0 aliphatic carbocycles. The van der Waals surface area contributed by atoms with Crippen molar-refractivity contribution in [2.75, 3.05) is 5.88 Å². The van der Waals surface area contributed by atoms with E-state index in [-0.39, 0.29) is 22.8 Å². The molecule has 2 rings (SSSR count). The second-order valence-corrected chi connectivity index (χ2v) is 5.39. The number of amidine groups is 1. The number of hydrogen-bond donors (Lipinski definition) is 1. The summed E-state index contributed by atoms with van der Waals surface area (Å²) < 4.78 is 14.5. The molecule has 0 fully saturated rings. The number of carbonyl (C=O) groups excluding carboxylic acids is 1. The third-order valence-corrected chi connectivity index (χ3v) is 3.49. The van der Waals surface area contributed by atoms with Gasteiger partial charge in [0, 0.05) is 10.0 Å². The van der Waals surface area contributed by atoms with Crippen molar-refractivity contribution in [1.29, 1.82) is 0 Å². The first kappa shape index (κ1) is 15.7. The lowest BCUT2D eigenvalue weighted by Gasteiger charge is -2.07. The molecule has 0 unspecified atom stereocenters. The summed E-state index contributed by atoms with van der Waals surface area (Å²) in [5.41, 5.74) is 6.19. The van der Waals surface area contributed by atoms with Gasteiger partial charge in [-0.2, -0.15) is 0 Å². The van der Waals surface area contributed by atoms with Crippen LogP contribution in [0.5, 0.6) is 0 Å². The van der Waals surface area contributed by atoms with Gasteiger partial charge in [0.15, 0.2) is 5.78 Å². The summed E-state index contributed by atoms with van der Waals surface area (Å²) in [6.45, 7) is 0. The van der Waals surface area contributed by atoms with Crippen molar-refractivity contribution in [1.82, 2.24) is 0 Å². The van der Waals surface area contributed by atoms with Crippen molar-refractivity contribution in [3.63, 3.8) is 0 Å². The molecule has 0 atom stereocenters. The third-order valence-electron chi connectivity index (χ3n) is 2.72. The number of rotatable bonds is 4. The zero-order valence-electron chi connectivity index (χ0n) is 10.8. The van der Waals surface area contributed by atoms with E-state index >= 15 is 0 Å². The van der Waals surface area contributed by atoms with E-state index in [1.54, 1.807) is 24.3 Å². The SMILES string of the molecule is NC(CCl)=Nc1ccc(Br)cc1C(=O)c1ccccc1F. The highest BCUT2D eigenvalue weighted by Crippen LogP contribution is 2.27. The molecule has 2 aromatic rings. The first-order valence-corrected chi connectivity index (χ1v) is 7.33. The molecule has 0 radical (unpaired) electrons. The molecule has 0 aliphatic heterocycles. The van der Waals surface area contributed by atoms with E-state index in [1.165, 1.54) is 18.2 Å². The number of nitrogens with two attached hydrogens (primary N) is 1. The Kier molecular flexibility index (Phi) is 5.09. The average molecular weight is 370 g/mol. The predicted octanol–water partition coefficient (Wildman–Crippen LogP) is 4.05. The molecule has 0 aliphatic rings. The standard InChI is InChI=1S/C15H11BrClFN2O/c16-9-5-6-13(20-14(19)8-17)11(7-9)15(21)10-3-1-2-4-12(10)18/h1-7H,8H2,(H2,19,20). The monoisotopic (exact) mass is 368 g/mol. The van der Waals surface area contributed by atoms with E-state index in [0.29, 0.717) is 10.2 Å². The number of halogens is 3. The number of hydrogen-bond acceptors (Lipinski definition) is 2. The molecule has 2 aromatic carbocycles. The van der Waals surface area contributed by atoms with Crippen molar-refractivity contribution in [3.8, 4) is 0 Å². The van der Waals surface area contributed by atoms with Gasteiger partial charge in [-0.05, 0) is 30.3 Å². The van der Waals surface area contributed by atoms with Crippen molar-refractivity contribution < 1.29 is 9.18 Å². The van der Waals surface area contributed by atoms with Crippen LogP contribution in [0.2, 0.25) is 0 Å². The van der Waals surface area contributed by atoms with Crippen molar-refractivity contribution >= 4 is 44.8 Å². The molecule has 0 aromatic heterocycles. The van der Waals surface area contributed by atoms with Crippen LogP contribution in [0.25, 0.3) is 0 Å². The van der Waals surface area contributed by atoms with Crippen LogP contribution in [0, 0.1) is 5.82 Å². The molecule has 0 spiro atoms. The summed E-state index contributed by atoms with van der Waals surface area (Å²) >= 11 is 8.88. The Morgan fingerprint density at radius 3 is 2.62 bits per heavy atom. The molecule has 0 amide bonds. The second kappa shape index (κ2) is 6.83. The van der Waals surface area contributed by atoms with Crippen LogP contribution in [0.1, 0.15) is 15.9 Å². The Morgan fingerprint density at radius 1 is 1.24 bits per heavy atom. The second-order valence-electron chi connectivity index (χ2n) is 4.21. The van der Waals surface area contributed by atoms with E-state index < -0.39 is 11.6 Å². The first-order chi connectivity index (χ1) is 10.0. The van der Waals surface area contributed by atoms with Gasteiger partial charge in [-0.3, -0.25) is 4.79 Å². The summed E-state index contributed by atoms with van der Waals surface area (Å²) in [4.78, 5) is 16.6. The summed E-state index contributed by atoms with van der Waals surface area (Å²) in [6.07, 6.45) is 0. The smallest absolute Gasteiger partial charge is 0.198 e. The van der Waals surface area contributed by atoms with Gasteiger partial charge in [0.25, 0.3) is 0 Å². The first-order valence-electron chi connectivity index (χ1n) is 6.00. The molecular formula is C15H11BrClFN2O.